The fraction of sp³-hybridized carbons (Fsp3) is 0.294. The summed E-state index contributed by atoms with van der Waals surface area (Å²) in [5, 5.41) is 3.44. The van der Waals surface area contributed by atoms with Gasteiger partial charge in [0.15, 0.2) is 0 Å². The molecule has 2 rings (SSSR count). The summed E-state index contributed by atoms with van der Waals surface area (Å²) in [4.78, 5) is 0. The highest BCUT2D eigenvalue weighted by Gasteiger charge is 2.01. The zero-order valence-corrected chi connectivity index (χ0v) is 12.4. The van der Waals surface area contributed by atoms with E-state index in [-0.39, 0.29) is 10.8 Å². The summed E-state index contributed by atoms with van der Waals surface area (Å²) in [5.74, 6) is -0.374. The van der Waals surface area contributed by atoms with Gasteiger partial charge in [-0.3, -0.25) is 0 Å². The average molecular weight is 292 g/mol. The lowest BCUT2D eigenvalue weighted by atomic mass is 10.1. The predicted octanol–water partition coefficient (Wildman–Crippen LogP) is 5.43. The number of anilines is 1. The molecular formula is C17H19ClFN. The van der Waals surface area contributed by atoms with Crippen LogP contribution in [0.1, 0.15) is 30.9 Å². The number of unbranched alkanes of at least 4 members (excludes halogenated alkanes) is 1. The third-order valence-electron chi connectivity index (χ3n) is 3.25. The summed E-state index contributed by atoms with van der Waals surface area (Å²) >= 11 is 5.66. The van der Waals surface area contributed by atoms with Crippen molar-refractivity contribution >= 4 is 17.3 Å². The zero-order valence-electron chi connectivity index (χ0n) is 11.6. The highest BCUT2D eigenvalue weighted by Crippen LogP contribution is 2.17. The first-order chi connectivity index (χ1) is 9.69. The minimum absolute atomic E-state index is 0.161. The van der Waals surface area contributed by atoms with Gasteiger partial charge in [0.05, 0.1) is 5.02 Å². The number of halogens is 2. The Morgan fingerprint density at radius 1 is 1.05 bits per heavy atom. The van der Waals surface area contributed by atoms with E-state index in [1.165, 1.54) is 24.5 Å². The van der Waals surface area contributed by atoms with Crippen molar-refractivity contribution in [3.63, 3.8) is 0 Å². The zero-order chi connectivity index (χ0) is 14.4. The summed E-state index contributed by atoms with van der Waals surface area (Å²) in [6.45, 7) is 2.78. The largest absolute Gasteiger partial charge is 0.381 e. The van der Waals surface area contributed by atoms with Crippen LogP contribution in [0.25, 0.3) is 0 Å². The van der Waals surface area contributed by atoms with E-state index in [0.717, 1.165) is 17.7 Å². The minimum atomic E-state index is -0.374. The van der Waals surface area contributed by atoms with Gasteiger partial charge in [-0.05, 0) is 48.2 Å². The van der Waals surface area contributed by atoms with Crippen molar-refractivity contribution in [1.82, 2.24) is 0 Å². The monoisotopic (exact) mass is 291 g/mol. The molecule has 0 aliphatic heterocycles. The van der Waals surface area contributed by atoms with E-state index < -0.39 is 0 Å². The van der Waals surface area contributed by atoms with Gasteiger partial charge < -0.3 is 5.32 Å². The van der Waals surface area contributed by atoms with E-state index in [4.69, 9.17) is 11.6 Å². The quantitative estimate of drug-likeness (QED) is 0.748. The van der Waals surface area contributed by atoms with E-state index >= 15 is 0 Å². The summed E-state index contributed by atoms with van der Waals surface area (Å²) in [6.07, 6.45) is 3.55. The normalized spacial score (nSPS) is 10.6. The molecule has 0 aliphatic rings. The molecule has 2 aromatic rings. The number of aryl methyl sites for hydroxylation is 1. The van der Waals surface area contributed by atoms with Gasteiger partial charge in [-0.25, -0.2) is 4.39 Å². The Labute approximate surface area is 124 Å². The Morgan fingerprint density at radius 3 is 2.40 bits per heavy atom. The maximum absolute atomic E-state index is 13.3. The SMILES string of the molecule is CCCCc1ccc(NCc2ccc(Cl)c(F)c2)cc1. The Hall–Kier alpha value is -1.54. The van der Waals surface area contributed by atoms with Gasteiger partial charge in [0.1, 0.15) is 5.82 Å². The second-order valence-corrected chi connectivity index (χ2v) is 5.31. The van der Waals surface area contributed by atoms with Crippen molar-refractivity contribution in [2.45, 2.75) is 32.7 Å². The van der Waals surface area contributed by atoms with E-state index in [2.05, 4.69) is 36.5 Å². The molecule has 0 radical (unpaired) electrons. The number of benzene rings is 2. The summed E-state index contributed by atoms with van der Waals surface area (Å²) < 4.78 is 13.3. The van der Waals surface area contributed by atoms with Crippen molar-refractivity contribution in [2.75, 3.05) is 5.32 Å². The first-order valence-corrected chi connectivity index (χ1v) is 7.33. The lowest BCUT2D eigenvalue weighted by Gasteiger charge is -2.08. The van der Waals surface area contributed by atoms with E-state index in [0.29, 0.717) is 6.54 Å². The third kappa shape index (κ3) is 4.24. The van der Waals surface area contributed by atoms with Crippen LogP contribution in [-0.2, 0) is 13.0 Å². The van der Waals surface area contributed by atoms with E-state index in [1.54, 1.807) is 6.07 Å². The molecule has 106 valence electrons. The smallest absolute Gasteiger partial charge is 0.142 e. The van der Waals surface area contributed by atoms with Crippen LogP contribution in [0.15, 0.2) is 42.5 Å². The van der Waals surface area contributed by atoms with Crippen LogP contribution >= 0.6 is 11.6 Å². The Bertz CT molecular complexity index is 551. The van der Waals surface area contributed by atoms with Crippen LogP contribution < -0.4 is 5.32 Å². The summed E-state index contributed by atoms with van der Waals surface area (Å²) in [5.41, 5.74) is 3.28. The fourth-order valence-corrected chi connectivity index (χ4v) is 2.14. The van der Waals surface area contributed by atoms with Gasteiger partial charge in [-0.2, -0.15) is 0 Å². The molecule has 0 amide bonds. The molecule has 0 saturated heterocycles. The number of hydrogen-bond donors (Lipinski definition) is 1. The lowest BCUT2D eigenvalue weighted by molar-refractivity contribution is 0.626. The van der Waals surface area contributed by atoms with Crippen LogP contribution in [0.3, 0.4) is 0 Å². The Balaban J connectivity index is 1.91. The highest BCUT2D eigenvalue weighted by atomic mass is 35.5. The number of nitrogens with one attached hydrogen (secondary N) is 1. The molecule has 0 aromatic heterocycles. The molecule has 0 bridgehead atoms. The summed E-state index contributed by atoms with van der Waals surface area (Å²) in [7, 11) is 0. The first kappa shape index (κ1) is 14.9. The van der Waals surface area contributed by atoms with Crippen molar-refractivity contribution < 1.29 is 4.39 Å². The predicted molar refractivity (Wildman–Crippen MR) is 83.8 cm³/mol. The standard InChI is InChI=1S/C17H19ClFN/c1-2-3-4-13-5-8-15(9-6-13)20-12-14-7-10-16(18)17(19)11-14/h5-11,20H,2-4,12H2,1H3. The molecule has 2 aromatic carbocycles. The lowest BCUT2D eigenvalue weighted by Crippen LogP contribution is -2.00. The molecule has 0 spiro atoms. The van der Waals surface area contributed by atoms with Gasteiger partial charge in [0, 0.05) is 12.2 Å². The number of rotatable bonds is 6. The second-order valence-electron chi connectivity index (χ2n) is 4.90. The molecule has 3 heteroatoms. The molecule has 0 heterocycles. The van der Waals surface area contributed by atoms with Gasteiger partial charge >= 0.3 is 0 Å². The van der Waals surface area contributed by atoms with Gasteiger partial charge in [-0.1, -0.05) is 43.1 Å². The molecule has 20 heavy (non-hydrogen) atoms. The molecule has 0 saturated carbocycles. The van der Waals surface area contributed by atoms with Crippen LogP contribution in [0.2, 0.25) is 5.02 Å². The molecule has 1 nitrogen and oxygen atoms in total. The van der Waals surface area contributed by atoms with E-state index in [9.17, 15) is 4.39 Å². The third-order valence-corrected chi connectivity index (χ3v) is 3.56. The van der Waals surface area contributed by atoms with Crippen LogP contribution in [0.4, 0.5) is 10.1 Å². The second kappa shape index (κ2) is 7.30. The maximum atomic E-state index is 13.3. The highest BCUT2D eigenvalue weighted by molar-refractivity contribution is 6.30. The molecule has 0 atom stereocenters. The van der Waals surface area contributed by atoms with Crippen molar-refractivity contribution in [3.05, 3.63) is 64.4 Å². The van der Waals surface area contributed by atoms with Gasteiger partial charge in [-0.15, -0.1) is 0 Å². The minimum Gasteiger partial charge on any atom is -0.381 e. The van der Waals surface area contributed by atoms with Crippen molar-refractivity contribution in [1.29, 1.82) is 0 Å². The first-order valence-electron chi connectivity index (χ1n) is 6.96. The van der Waals surface area contributed by atoms with Crippen LogP contribution in [0.5, 0.6) is 0 Å². The fourth-order valence-electron chi connectivity index (χ4n) is 2.02. The number of hydrogen-bond acceptors (Lipinski definition) is 1. The molecule has 0 aliphatic carbocycles. The summed E-state index contributed by atoms with van der Waals surface area (Å²) in [6, 6.07) is 13.3. The van der Waals surface area contributed by atoms with Gasteiger partial charge in [0.25, 0.3) is 0 Å². The Kier molecular flexibility index (Phi) is 5.42. The van der Waals surface area contributed by atoms with Crippen molar-refractivity contribution in [2.24, 2.45) is 0 Å². The molecule has 0 fully saturated rings. The molecular weight excluding hydrogens is 273 g/mol. The van der Waals surface area contributed by atoms with Crippen LogP contribution in [0, 0.1) is 5.82 Å². The van der Waals surface area contributed by atoms with E-state index in [1.807, 2.05) is 6.07 Å². The molecule has 1 N–H and O–H groups in total. The average Bonchev–Trinajstić information content (AvgIpc) is 2.47. The van der Waals surface area contributed by atoms with Gasteiger partial charge in [0.2, 0.25) is 0 Å². The Morgan fingerprint density at radius 2 is 1.75 bits per heavy atom. The van der Waals surface area contributed by atoms with Crippen molar-refractivity contribution in [3.8, 4) is 0 Å². The van der Waals surface area contributed by atoms with Crippen LogP contribution in [-0.4, -0.2) is 0 Å². The maximum Gasteiger partial charge on any atom is 0.142 e. The topological polar surface area (TPSA) is 12.0 Å². The molecule has 0 unspecified atom stereocenters.